The fraction of sp³-hybridized carbons (Fsp3) is 0.625. The van der Waals surface area contributed by atoms with Crippen molar-refractivity contribution in [3.8, 4) is 0 Å². The van der Waals surface area contributed by atoms with E-state index >= 15 is 0 Å². The van der Waals surface area contributed by atoms with Crippen LogP contribution in [0.2, 0.25) is 0 Å². The third-order valence-corrected chi connectivity index (χ3v) is 4.62. The van der Waals surface area contributed by atoms with Crippen LogP contribution in [0, 0.1) is 17.6 Å². The molecule has 1 fully saturated rings. The van der Waals surface area contributed by atoms with Crippen molar-refractivity contribution >= 4 is 0 Å². The van der Waals surface area contributed by atoms with E-state index in [0.29, 0.717) is 24.1 Å². The van der Waals surface area contributed by atoms with Gasteiger partial charge in [-0.3, -0.25) is 4.90 Å². The molecule has 20 heavy (non-hydrogen) atoms. The van der Waals surface area contributed by atoms with Crippen molar-refractivity contribution in [1.82, 2.24) is 4.90 Å². The Morgan fingerprint density at radius 2 is 2.00 bits per heavy atom. The highest BCUT2D eigenvalue weighted by Crippen LogP contribution is 2.33. The monoisotopic (exact) mass is 282 g/mol. The van der Waals surface area contributed by atoms with Gasteiger partial charge in [0.05, 0.1) is 0 Å². The van der Waals surface area contributed by atoms with Crippen LogP contribution in [-0.2, 0) is 0 Å². The van der Waals surface area contributed by atoms with E-state index in [1.165, 1.54) is 31.4 Å². The highest BCUT2D eigenvalue weighted by molar-refractivity contribution is 5.23. The third-order valence-electron chi connectivity index (χ3n) is 4.62. The smallest absolute Gasteiger partial charge is 0.128 e. The lowest BCUT2D eigenvalue weighted by Gasteiger charge is -2.40. The molecule has 3 unspecified atom stereocenters. The molecule has 0 spiro atoms. The molecule has 3 atom stereocenters. The maximum atomic E-state index is 14.0. The molecule has 2 N–H and O–H groups in total. The van der Waals surface area contributed by atoms with Crippen molar-refractivity contribution < 1.29 is 8.78 Å². The second-order valence-corrected chi connectivity index (χ2v) is 5.91. The Balaban J connectivity index is 2.24. The van der Waals surface area contributed by atoms with Crippen LogP contribution in [0.1, 0.15) is 44.2 Å². The van der Waals surface area contributed by atoms with Gasteiger partial charge in [-0.15, -0.1) is 0 Å². The van der Waals surface area contributed by atoms with E-state index in [2.05, 4.69) is 11.8 Å². The lowest BCUT2D eigenvalue weighted by atomic mass is 9.84. The molecule has 0 radical (unpaired) electrons. The predicted molar refractivity (Wildman–Crippen MR) is 77.3 cm³/mol. The SMILES string of the molecule is CC1CCCCC1N(C)C(CN)c1cc(F)ccc1F. The second kappa shape index (κ2) is 6.64. The van der Waals surface area contributed by atoms with Gasteiger partial charge in [0.15, 0.2) is 0 Å². The number of benzene rings is 1. The zero-order chi connectivity index (χ0) is 14.7. The number of nitrogens with zero attached hydrogens (tertiary/aromatic N) is 1. The minimum atomic E-state index is -0.412. The summed E-state index contributed by atoms with van der Waals surface area (Å²) in [4.78, 5) is 2.14. The minimum absolute atomic E-state index is 0.267. The van der Waals surface area contributed by atoms with Crippen molar-refractivity contribution in [3.05, 3.63) is 35.4 Å². The predicted octanol–water partition coefficient (Wildman–Crippen LogP) is 3.48. The number of hydrogen-bond donors (Lipinski definition) is 1. The molecule has 4 heteroatoms. The summed E-state index contributed by atoms with van der Waals surface area (Å²) in [6.07, 6.45) is 4.75. The first kappa shape index (κ1) is 15.4. The molecule has 0 amide bonds. The van der Waals surface area contributed by atoms with E-state index in [-0.39, 0.29) is 11.9 Å². The van der Waals surface area contributed by atoms with Crippen LogP contribution in [0.4, 0.5) is 8.78 Å². The van der Waals surface area contributed by atoms with Gasteiger partial charge in [-0.1, -0.05) is 19.8 Å². The van der Waals surface area contributed by atoms with Crippen LogP contribution in [0.25, 0.3) is 0 Å². The van der Waals surface area contributed by atoms with Crippen LogP contribution >= 0.6 is 0 Å². The first-order chi connectivity index (χ1) is 9.54. The normalized spacial score (nSPS) is 24.9. The fourth-order valence-electron chi connectivity index (χ4n) is 3.42. The van der Waals surface area contributed by atoms with Crippen molar-refractivity contribution in [2.24, 2.45) is 11.7 Å². The molecule has 2 rings (SSSR count). The molecule has 1 aromatic carbocycles. The van der Waals surface area contributed by atoms with Gasteiger partial charge >= 0.3 is 0 Å². The summed E-state index contributed by atoms with van der Waals surface area (Å²) in [5.41, 5.74) is 6.21. The molecule has 0 heterocycles. The Hall–Kier alpha value is -1.00. The van der Waals surface area contributed by atoms with E-state index in [9.17, 15) is 8.78 Å². The zero-order valence-electron chi connectivity index (χ0n) is 12.3. The van der Waals surface area contributed by atoms with E-state index in [4.69, 9.17) is 5.73 Å². The van der Waals surface area contributed by atoms with Gasteiger partial charge < -0.3 is 5.73 Å². The molecule has 1 aromatic rings. The summed E-state index contributed by atoms with van der Waals surface area (Å²) in [5.74, 6) is -0.221. The average molecular weight is 282 g/mol. The quantitative estimate of drug-likeness (QED) is 0.916. The summed E-state index contributed by atoms with van der Waals surface area (Å²) in [6, 6.07) is 3.73. The van der Waals surface area contributed by atoms with Gasteiger partial charge in [-0.2, -0.15) is 0 Å². The van der Waals surface area contributed by atoms with Crippen molar-refractivity contribution in [2.45, 2.75) is 44.7 Å². The fourth-order valence-corrected chi connectivity index (χ4v) is 3.42. The largest absolute Gasteiger partial charge is 0.329 e. The number of rotatable bonds is 4. The minimum Gasteiger partial charge on any atom is -0.329 e. The van der Waals surface area contributed by atoms with Crippen LogP contribution in [0.3, 0.4) is 0 Å². The summed E-state index contributed by atoms with van der Waals surface area (Å²) in [5, 5.41) is 0. The van der Waals surface area contributed by atoms with E-state index < -0.39 is 5.82 Å². The summed E-state index contributed by atoms with van der Waals surface area (Å²) in [7, 11) is 1.98. The van der Waals surface area contributed by atoms with Crippen LogP contribution in [-0.4, -0.2) is 24.5 Å². The van der Waals surface area contributed by atoms with Crippen molar-refractivity contribution in [1.29, 1.82) is 0 Å². The first-order valence-electron chi connectivity index (χ1n) is 7.41. The Bertz CT molecular complexity index is 450. The average Bonchev–Trinajstić information content (AvgIpc) is 2.44. The molecule has 0 aliphatic heterocycles. The molecule has 0 bridgehead atoms. The third kappa shape index (κ3) is 3.18. The number of hydrogen-bond acceptors (Lipinski definition) is 2. The maximum absolute atomic E-state index is 14.0. The second-order valence-electron chi connectivity index (χ2n) is 5.91. The van der Waals surface area contributed by atoms with Crippen LogP contribution in [0.5, 0.6) is 0 Å². The van der Waals surface area contributed by atoms with E-state index in [1.807, 2.05) is 7.05 Å². The van der Waals surface area contributed by atoms with Crippen molar-refractivity contribution in [2.75, 3.05) is 13.6 Å². The van der Waals surface area contributed by atoms with Gasteiger partial charge in [0.1, 0.15) is 11.6 Å². The summed E-state index contributed by atoms with van der Waals surface area (Å²) >= 11 is 0. The molecule has 0 saturated heterocycles. The standard InChI is InChI=1S/C16H24F2N2/c1-11-5-3-4-6-15(11)20(2)16(10-19)13-9-12(17)7-8-14(13)18/h7-9,11,15-16H,3-6,10,19H2,1-2H3. The van der Waals surface area contributed by atoms with Crippen LogP contribution in [0.15, 0.2) is 18.2 Å². The van der Waals surface area contributed by atoms with Crippen LogP contribution < -0.4 is 5.73 Å². The molecule has 1 saturated carbocycles. The molecule has 1 aliphatic rings. The van der Waals surface area contributed by atoms with E-state index in [0.717, 1.165) is 12.5 Å². The lowest BCUT2D eigenvalue weighted by Crippen LogP contribution is -2.43. The highest BCUT2D eigenvalue weighted by atomic mass is 19.1. The van der Waals surface area contributed by atoms with Crippen molar-refractivity contribution in [3.63, 3.8) is 0 Å². The van der Waals surface area contributed by atoms with Gasteiger partial charge in [0.2, 0.25) is 0 Å². The summed E-state index contributed by atoms with van der Waals surface area (Å²) in [6.45, 7) is 2.52. The Morgan fingerprint density at radius 1 is 1.30 bits per heavy atom. The summed E-state index contributed by atoms with van der Waals surface area (Å²) < 4.78 is 27.4. The maximum Gasteiger partial charge on any atom is 0.128 e. The first-order valence-corrected chi connectivity index (χ1v) is 7.41. The van der Waals surface area contributed by atoms with Gasteiger partial charge in [0, 0.05) is 24.2 Å². The molecular weight excluding hydrogens is 258 g/mol. The Kier molecular flexibility index (Phi) is 5.11. The number of likely N-dealkylation sites (N-methyl/N-ethyl adjacent to an activating group) is 1. The van der Waals surface area contributed by atoms with E-state index in [1.54, 1.807) is 0 Å². The van der Waals surface area contributed by atoms with Gasteiger partial charge in [-0.25, -0.2) is 8.78 Å². The zero-order valence-corrected chi connectivity index (χ0v) is 12.3. The number of halogens is 2. The van der Waals surface area contributed by atoms with Gasteiger partial charge in [-0.05, 0) is 44.0 Å². The number of nitrogens with two attached hydrogens (primary N) is 1. The van der Waals surface area contributed by atoms with Gasteiger partial charge in [0.25, 0.3) is 0 Å². The molecule has 1 aliphatic carbocycles. The molecule has 112 valence electrons. The topological polar surface area (TPSA) is 29.3 Å². The molecule has 2 nitrogen and oxygen atoms in total. The Labute approximate surface area is 120 Å². The highest BCUT2D eigenvalue weighted by Gasteiger charge is 2.30. The molecule has 0 aromatic heterocycles. The lowest BCUT2D eigenvalue weighted by molar-refractivity contribution is 0.0974. The molecular formula is C16H24F2N2. The Morgan fingerprint density at radius 3 is 2.65 bits per heavy atom.